The molecule has 1 saturated carbocycles. The summed E-state index contributed by atoms with van der Waals surface area (Å²) < 4.78 is 27.1. The van der Waals surface area contributed by atoms with Crippen LogP contribution in [0.15, 0.2) is 23.4 Å². The van der Waals surface area contributed by atoms with Crippen LogP contribution < -0.4 is 4.72 Å². The van der Waals surface area contributed by atoms with Crippen molar-refractivity contribution in [3.05, 3.63) is 24.0 Å². The Hall–Kier alpha value is -1.42. The van der Waals surface area contributed by atoms with Gasteiger partial charge in [-0.25, -0.2) is 13.1 Å². The zero-order valence-corrected chi connectivity index (χ0v) is 12.2. The molecule has 1 fully saturated rings. The lowest BCUT2D eigenvalue weighted by Gasteiger charge is -2.05. The molecule has 1 heterocycles. The third-order valence-corrected chi connectivity index (χ3v) is 4.70. The van der Waals surface area contributed by atoms with Crippen LogP contribution in [0.3, 0.4) is 0 Å². The van der Waals surface area contributed by atoms with Crippen molar-refractivity contribution >= 4 is 10.0 Å². The molecule has 1 aromatic heterocycles. The van der Waals surface area contributed by atoms with Gasteiger partial charge in [0, 0.05) is 30.4 Å². The van der Waals surface area contributed by atoms with E-state index in [1.165, 1.54) is 18.5 Å². The minimum atomic E-state index is -3.52. The van der Waals surface area contributed by atoms with Crippen LogP contribution in [0.25, 0.3) is 0 Å². The highest BCUT2D eigenvalue weighted by Gasteiger charge is 2.38. The molecule has 2 atom stereocenters. The fourth-order valence-electron chi connectivity index (χ4n) is 1.97. The lowest BCUT2D eigenvalue weighted by molar-refractivity contribution is 0.305. The first kappa shape index (κ1) is 15.0. The van der Waals surface area contributed by atoms with Gasteiger partial charge in [-0.15, -0.1) is 0 Å². The molecule has 0 amide bonds. The van der Waals surface area contributed by atoms with Crippen molar-refractivity contribution in [3.8, 4) is 11.8 Å². The fraction of sp³-hybridized carbons (Fsp3) is 0.500. The Balaban J connectivity index is 2.12. The maximum absolute atomic E-state index is 12.2. The first-order valence-corrected chi connectivity index (χ1v) is 8.12. The maximum atomic E-state index is 12.2. The average Bonchev–Trinajstić information content (AvgIpc) is 3.17. The molecular weight excluding hydrogens is 276 g/mol. The van der Waals surface area contributed by atoms with Crippen molar-refractivity contribution < 1.29 is 13.5 Å². The van der Waals surface area contributed by atoms with Gasteiger partial charge < -0.3 is 5.11 Å². The lowest BCUT2D eigenvalue weighted by Crippen LogP contribution is -2.27. The van der Waals surface area contributed by atoms with Crippen LogP contribution in [0, 0.1) is 17.8 Å². The van der Waals surface area contributed by atoms with E-state index in [1.54, 1.807) is 0 Å². The fourth-order valence-corrected chi connectivity index (χ4v) is 3.27. The van der Waals surface area contributed by atoms with E-state index in [0.717, 1.165) is 12.8 Å². The Bertz CT molecular complexity index is 631. The van der Waals surface area contributed by atoms with Gasteiger partial charge in [-0.3, -0.25) is 4.98 Å². The number of sulfonamides is 1. The van der Waals surface area contributed by atoms with Gasteiger partial charge >= 0.3 is 0 Å². The van der Waals surface area contributed by atoms with Gasteiger partial charge in [0.2, 0.25) is 10.0 Å². The van der Waals surface area contributed by atoms with Gasteiger partial charge in [-0.1, -0.05) is 25.2 Å². The standard InChI is InChI=1S/C14H18N2O3S/c1-2-12-8-14(12)16-20(18,19)13-7-11(9-15-10-13)5-3-4-6-17/h7,9-10,12,14,16-17H,2,4,6,8H2,1H3. The summed E-state index contributed by atoms with van der Waals surface area (Å²) in [6, 6.07) is 1.55. The van der Waals surface area contributed by atoms with Crippen molar-refractivity contribution in [2.75, 3.05) is 6.61 Å². The molecule has 0 saturated heterocycles. The maximum Gasteiger partial charge on any atom is 0.242 e. The summed E-state index contributed by atoms with van der Waals surface area (Å²) in [5, 5.41) is 8.66. The van der Waals surface area contributed by atoms with Crippen molar-refractivity contribution in [1.29, 1.82) is 0 Å². The molecule has 1 aliphatic carbocycles. The van der Waals surface area contributed by atoms with Crippen molar-refractivity contribution in [2.24, 2.45) is 5.92 Å². The van der Waals surface area contributed by atoms with E-state index in [1.807, 2.05) is 0 Å². The lowest BCUT2D eigenvalue weighted by atomic mass is 10.3. The summed E-state index contributed by atoms with van der Waals surface area (Å²) in [5.41, 5.74) is 0.532. The summed E-state index contributed by atoms with van der Waals surface area (Å²) in [6.07, 6.45) is 5.07. The van der Waals surface area contributed by atoms with Crippen LogP contribution in [-0.4, -0.2) is 31.2 Å². The number of hydrogen-bond donors (Lipinski definition) is 2. The molecule has 20 heavy (non-hydrogen) atoms. The van der Waals surface area contributed by atoms with Crippen molar-refractivity contribution in [2.45, 2.75) is 37.1 Å². The molecule has 0 radical (unpaired) electrons. The molecule has 5 nitrogen and oxygen atoms in total. The summed E-state index contributed by atoms with van der Waals surface area (Å²) in [5.74, 6) is 5.98. The first-order chi connectivity index (χ1) is 9.56. The Kier molecular flexibility index (Phi) is 4.76. The molecule has 0 aliphatic heterocycles. The third kappa shape index (κ3) is 3.79. The van der Waals surface area contributed by atoms with Crippen LogP contribution >= 0.6 is 0 Å². The zero-order chi connectivity index (χ0) is 14.6. The van der Waals surface area contributed by atoms with Crippen LogP contribution in [-0.2, 0) is 10.0 Å². The molecule has 2 unspecified atom stereocenters. The van der Waals surface area contributed by atoms with Crippen LogP contribution in [0.5, 0.6) is 0 Å². The largest absolute Gasteiger partial charge is 0.395 e. The summed E-state index contributed by atoms with van der Waals surface area (Å²) in [4.78, 5) is 4.05. The molecule has 6 heteroatoms. The molecule has 0 aromatic carbocycles. The van der Waals surface area contributed by atoms with E-state index in [0.29, 0.717) is 17.9 Å². The molecule has 0 bridgehead atoms. The van der Waals surface area contributed by atoms with Gasteiger partial charge in [-0.05, 0) is 18.4 Å². The van der Waals surface area contributed by atoms with Crippen molar-refractivity contribution in [3.63, 3.8) is 0 Å². The van der Waals surface area contributed by atoms with E-state index in [4.69, 9.17) is 5.11 Å². The second kappa shape index (κ2) is 6.35. The number of nitrogens with zero attached hydrogens (tertiary/aromatic N) is 1. The molecule has 2 N–H and O–H groups in total. The quantitative estimate of drug-likeness (QED) is 0.791. The van der Waals surface area contributed by atoms with Gasteiger partial charge in [0.15, 0.2) is 0 Å². The van der Waals surface area contributed by atoms with E-state index >= 15 is 0 Å². The van der Waals surface area contributed by atoms with Gasteiger partial charge in [-0.2, -0.15) is 0 Å². The average molecular weight is 294 g/mol. The van der Waals surface area contributed by atoms with Crippen molar-refractivity contribution in [1.82, 2.24) is 9.71 Å². The van der Waals surface area contributed by atoms with E-state index in [9.17, 15) is 8.42 Å². The topological polar surface area (TPSA) is 79.3 Å². The number of rotatable bonds is 5. The predicted octanol–water partition coefficient (Wildman–Crippen LogP) is 0.892. The number of aromatic nitrogens is 1. The highest BCUT2D eigenvalue weighted by atomic mass is 32.2. The molecule has 0 spiro atoms. The summed E-state index contributed by atoms with van der Waals surface area (Å²) in [6.45, 7) is 2.04. The summed E-state index contributed by atoms with van der Waals surface area (Å²) in [7, 11) is -3.52. The van der Waals surface area contributed by atoms with Crippen LogP contribution in [0.4, 0.5) is 0 Å². The number of aliphatic hydroxyl groups excluding tert-OH is 1. The molecule has 1 aromatic rings. The minimum absolute atomic E-state index is 0.0138. The normalized spacial score (nSPS) is 21.1. The highest BCUT2D eigenvalue weighted by Crippen LogP contribution is 2.34. The van der Waals surface area contributed by atoms with E-state index in [2.05, 4.69) is 28.5 Å². The van der Waals surface area contributed by atoms with Gasteiger partial charge in [0.25, 0.3) is 0 Å². The monoisotopic (exact) mass is 294 g/mol. The first-order valence-electron chi connectivity index (χ1n) is 6.64. The van der Waals surface area contributed by atoms with Gasteiger partial charge in [0.1, 0.15) is 4.90 Å². The smallest absolute Gasteiger partial charge is 0.242 e. The Morgan fingerprint density at radius 1 is 1.50 bits per heavy atom. The van der Waals surface area contributed by atoms with Gasteiger partial charge in [0.05, 0.1) is 6.61 Å². The predicted molar refractivity (Wildman–Crippen MR) is 75.3 cm³/mol. The van der Waals surface area contributed by atoms with Crippen LogP contribution in [0.1, 0.15) is 31.7 Å². The third-order valence-electron chi connectivity index (χ3n) is 3.25. The second-order valence-corrected chi connectivity index (χ2v) is 6.53. The molecule has 108 valence electrons. The second-order valence-electron chi connectivity index (χ2n) is 4.82. The Morgan fingerprint density at radius 2 is 2.30 bits per heavy atom. The molecule has 1 aliphatic rings. The SMILES string of the molecule is CCC1CC1NS(=O)(=O)c1cncc(C#CCCO)c1. The Labute approximate surface area is 119 Å². The van der Waals surface area contributed by atoms with E-state index in [-0.39, 0.29) is 17.5 Å². The van der Waals surface area contributed by atoms with E-state index < -0.39 is 10.0 Å². The number of pyridine rings is 1. The number of hydrogen-bond acceptors (Lipinski definition) is 4. The van der Waals surface area contributed by atoms with Crippen LogP contribution in [0.2, 0.25) is 0 Å². The number of aliphatic hydroxyl groups is 1. The zero-order valence-electron chi connectivity index (χ0n) is 11.3. The summed E-state index contributed by atoms with van der Waals surface area (Å²) >= 11 is 0. The minimum Gasteiger partial charge on any atom is -0.395 e. The Morgan fingerprint density at radius 3 is 2.95 bits per heavy atom. The highest BCUT2D eigenvalue weighted by molar-refractivity contribution is 7.89. The molecule has 2 rings (SSSR count). The number of nitrogens with one attached hydrogen (secondary N) is 1. The molecular formula is C14H18N2O3S.